The number of aryl methyl sites for hydroxylation is 1. The van der Waals surface area contributed by atoms with Gasteiger partial charge in [-0.3, -0.25) is 5.32 Å². The van der Waals surface area contributed by atoms with Gasteiger partial charge in [0.05, 0.1) is 18.9 Å². The van der Waals surface area contributed by atoms with Crippen LogP contribution in [0.25, 0.3) is 0 Å². The molecule has 22 heavy (non-hydrogen) atoms. The average molecular weight is 304 g/mol. The number of nitrogens with one attached hydrogen (secondary N) is 1. The van der Waals surface area contributed by atoms with Crippen LogP contribution in [-0.4, -0.2) is 31.4 Å². The monoisotopic (exact) mass is 304 g/mol. The Balaban J connectivity index is 2.42. The number of hydrogen-bond acceptors (Lipinski definition) is 6. The van der Waals surface area contributed by atoms with Gasteiger partial charge in [0.2, 0.25) is 6.08 Å². The molecule has 0 aliphatic rings. The van der Waals surface area contributed by atoms with Crippen LogP contribution in [0.2, 0.25) is 0 Å². The Labute approximate surface area is 127 Å². The van der Waals surface area contributed by atoms with Gasteiger partial charge in [-0.1, -0.05) is 12.6 Å². The summed E-state index contributed by atoms with van der Waals surface area (Å²) in [5.41, 5.74) is 1.66. The van der Waals surface area contributed by atoms with Gasteiger partial charge in [0.1, 0.15) is 0 Å². The molecule has 0 unspecified atom stereocenters. The third kappa shape index (κ3) is 6.02. The second-order valence-corrected chi connectivity index (χ2v) is 4.19. The lowest BCUT2D eigenvalue weighted by Crippen LogP contribution is -2.16. The van der Waals surface area contributed by atoms with E-state index in [1.165, 1.54) is 12.1 Å². The van der Waals surface area contributed by atoms with Gasteiger partial charge < -0.3 is 9.47 Å². The fourth-order valence-corrected chi connectivity index (χ4v) is 1.47. The van der Waals surface area contributed by atoms with E-state index in [0.29, 0.717) is 17.8 Å². The first-order chi connectivity index (χ1) is 10.6. The summed E-state index contributed by atoms with van der Waals surface area (Å²) in [4.78, 5) is 36.1. The molecule has 0 aliphatic heterocycles. The van der Waals surface area contributed by atoms with Crippen LogP contribution in [0.5, 0.6) is 0 Å². The first-order valence-electron chi connectivity index (χ1n) is 6.48. The van der Waals surface area contributed by atoms with Gasteiger partial charge in [-0.25, -0.2) is 14.4 Å². The van der Waals surface area contributed by atoms with Gasteiger partial charge in [0, 0.05) is 18.2 Å². The summed E-state index contributed by atoms with van der Waals surface area (Å²) in [6, 6.07) is 4.87. The van der Waals surface area contributed by atoms with Crippen molar-refractivity contribution in [3.63, 3.8) is 0 Å². The normalized spacial score (nSPS) is 9.32. The van der Waals surface area contributed by atoms with Crippen LogP contribution in [0, 0.1) is 6.92 Å². The number of carbonyl (C=O) groups excluding carboxylic acids is 3. The molecule has 0 bridgehead atoms. The van der Waals surface area contributed by atoms with Crippen LogP contribution in [0.4, 0.5) is 16.2 Å². The quantitative estimate of drug-likeness (QED) is 0.275. The van der Waals surface area contributed by atoms with E-state index < -0.39 is 12.1 Å². The lowest BCUT2D eigenvalue weighted by atomic mass is 10.2. The number of amides is 1. The number of hydrogen-bond donors (Lipinski definition) is 1. The fourth-order valence-electron chi connectivity index (χ4n) is 1.47. The van der Waals surface area contributed by atoms with E-state index in [4.69, 9.17) is 9.47 Å². The van der Waals surface area contributed by atoms with Crippen LogP contribution in [0.3, 0.4) is 0 Å². The molecule has 1 N–H and O–H groups in total. The highest BCUT2D eigenvalue weighted by Gasteiger charge is 2.07. The first kappa shape index (κ1) is 17.1. The number of benzene rings is 1. The number of anilines is 1. The van der Waals surface area contributed by atoms with Crippen molar-refractivity contribution >= 4 is 29.5 Å². The summed E-state index contributed by atoms with van der Waals surface area (Å²) >= 11 is 0. The molecule has 116 valence electrons. The smallest absolute Gasteiger partial charge is 0.411 e. The molecule has 1 rings (SSSR count). The van der Waals surface area contributed by atoms with Gasteiger partial charge in [0.25, 0.3) is 0 Å². The largest absolute Gasteiger partial charge is 0.462 e. The predicted octanol–water partition coefficient (Wildman–Crippen LogP) is 2.63. The van der Waals surface area contributed by atoms with Gasteiger partial charge in [-0.15, -0.1) is 0 Å². The van der Waals surface area contributed by atoms with Crippen molar-refractivity contribution in [2.75, 3.05) is 18.5 Å². The van der Waals surface area contributed by atoms with Crippen LogP contribution < -0.4 is 5.32 Å². The molecular weight excluding hydrogens is 288 g/mol. The Hall–Kier alpha value is -2.92. The minimum atomic E-state index is -0.648. The number of aliphatic imine (C=N–C) groups is 1. The summed E-state index contributed by atoms with van der Waals surface area (Å²) in [6.07, 6.45) is 2.22. The maximum absolute atomic E-state index is 11.6. The maximum atomic E-state index is 11.6. The van der Waals surface area contributed by atoms with Crippen molar-refractivity contribution in [2.45, 2.75) is 13.3 Å². The Morgan fingerprint density at radius 2 is 2.09 bits per heavy atom. The molecule has 1 aromatic carbocycles. The summed E-state index contributed by atoms with van der Waals surface area (Å²) < 4.78 is 9.68. The summed E-state index contributed by atoms with van der Waals surface area (Å²) in [6.45, 7) is 5.29. The zero-order valence-electron chi connectivity index (χ0n) is 12.1. The van der Waals surface area contributed by atoms with Crippen LogP contribution in [0.15, 0.2) is 35.8 Å². The molecule has 0 atom stereocenters. The lowest BCUT2D eigenvalue weighted by molar-refractivity contribution is -0.137. The highest BCUT2D eigenvalue weighted by molar-refractivity contribution is 5.86. The maximum Gasteiger partial charge on any atom is 0.411 e. The predicted molar refractivity (Wildman–Crippen MR) is 79.7 cm³/mol. The van der Waals surface area contributed by atoms with Gasteiger partial charge in [0.15, 0.2) is 0 Å². The number of carbonyl (C=O) groups is 2. The highest BCUT2D eigenvalue weighted by atomic mass is 16.6. The Kier molecular flexibility index (Phi) is 7.08. The van der Waals surface area contributed by atoms with Crippen molar-refractivity contribution in [3.8, 4) is 0 Å². The van der Waals surface area contributed by atoms with Crippen molar-refractivity contribution in [2.24, 2.45) is 4.99 Å². The first-order valence-corrected chi connectivity index (χ1v) is 6.48. The van der Waals surface area contributed by atoms with E-state index in [-0.39, 0.29) is 13.2 Å². The van der Waals surface area contributed by atoms with Crippen molar-refractivity contribution < 1.29 is 23.9 Å². The SMILES string of the molecule is C=CC(=O)OCCCOC(=O)Nc1cc(N=C=O)ccc1C. The molecule has 0 aromatic heterocycles. The van der Waals surface area contributed by atoms with E-state index in [2.05, 4.69) is 16.9 Å². The molecule has 1 amide bonds. The van der Waals surface area contributed by atoms with Gasteiger partial charge >= 0.3 is 12.1 Å². The minimum Gasteiger partial charge on any atom is -0.462 e. The number of rotatable bonds is 7. The highest BCUT2D eigenvalue weighted by Crippen LogP contribution is 2.22. The lowest BCUT2D eigenvalue weighted by Gasteiger charge is -2.09. The zero-order chi connectivity index (χ0) is 16.4. The van der Waals surface area contributed by atoms with E-state index >= 15 is 0 Å². The molecule has 7 heteroatoms. The molecule has 1 aromatic rings. The second-order valence-electron chi connectivity index (χ2n) is 4.19. The number of esters is 1. The molecule has 0 radical (unpaired) electrons. The number of ether oxygens (including phenoxy) is 2. The van der Waals surface area contributed by atoms with Crippen LogP contribution >= 0.6 is 0 Å². The summed E-state index contributed by atoms with van der Waals surface area (Å²) in [5.74, 6) is -0.521. The summed E-state index contributed by atoms with van der Waals surface area (Å²) in [7, 11) is 0. The topological polar surface area (TPSA) is 94.1 Å². The minimum absolute atomic E-state index is 0.0987. The Morgan fingerprint density at radius 1 is 1.36 bits per heavy atom. The fraction of sp³-hybridized carbons (Fsp3) is 0.267. The van der Waals surface area contributed by atoms with Crippen molar-refractivity contribution in [1.82, 2.24) is 0 Å². The molecule has 0 heterocycles. The molecule has 0 saturated heterocycles. The third-order valence-electron chi connectivity index (χ3n) is 2.57. The Morgan fingerprint density at radius 3 is 2.77 bits per heavy atom. The molecule has 0 aliphatic carbocycles. The third-order valence-corrected chi connectivity index (χ3v) is 2.57. The van der Waals surface area contributed by atoms with Crippen LogP contribution in [0.1, 0.15) is 12.0 Å². The molecule has 0 saturated carbocycles. The van der Waals surface area contributed by atoms with Crippen molar-refractivity contribution in [3.05, 3.63) is 36.4 Å². The zero-order valence-corrected chi connectivity index (χ0v) is 12.1. The Bertz CT molecular complexity index is 606. The summed E-state index contributed by atoms with van der Waals surface area (Å²) in [5, 5.41) is 2.54. The molecule has 0 spiro atoms. The molecule has 7 nitrogen and oxygen atoms in total. The number of isocyanates is 1. The molecule has 0 fully saturated rings. The van der Waals surface area contributed by atoms with Gasteiger partial charge in [-0.2, -0.15) is 4.99 Å². The average Bonchev–Trinajstić information content (AvgIpc) is 2.50. The van der Waals surface area contributed by atoms with Crippen molar-refractivity contribution in [1.29, 1.82) is 0 Å². The van der Waals surface area contributed by atoms with E-state index in [9.17, 15) is 14.4 Å². The van der Waals surface area contributed by atoms with E-state index in [1.807, 2.05) is 0 Å². The van der Waals surface area contributed by atoms with Gasteiger partial charge in [-0.05, 0) is 24.6 Å². The number of nitrogens with zero attached hydrogens (tertiary/aromatic N) is 1. The van der Waals surface area contributed by atoms with E-state index in [0.717, 1.165) is 11.6 Å². The standard InChI is InChI=1S/C15H16N2O5/c1-3-14(19)21-7-4-8-22-15(20)17-13-9-12(16-10-18)6-5-11(13)2/h3,5-6,9H,1,4,7-8H2,2H3,(H,17,20). The molecular formula is C15H16N2O5. The van der Waals surface area contributed by atoms with Crippen LogP contribution in [-0.2, 0) is 19.1 Å². The van der Waals surface area contributed by atoms with E-state index in [1.54, 1.807) is 19.1 Å². The second kappa shape index (κ2) is 9.10.